The molecule has 0 aromatic heterocycles. The van der Waals surface area contributed by atoms with Crippen molar-refractivity contribution in [2.45, 2.75) is 27.2 Å². The van der Waals surface area contributed by atoms with Crippen LogP contribution in [0, 0.1) is 11.3 Å². The highest BCUT2D eigenvalue weighted by Gasteiger charge is 2.53. The van der Waals surface area contributed by atoms with E-state index in [0.29, 0.717) is 13.2 Å². The largest absolute Gasteiger partial charge is 0.465 e. The van der Waals surface area contributed by atoms with Crippen molar-refractivity contribution in [2.75, 3.05) is 13.2 Å². The second kappa shape index (κ2) is 3.98. The molecule has 1 aliphatic heterocycles. The zero-order valence-corrected chi connectivity index (χ0v) is 8.83. The van der Waals surface area contributed by atoms with Crippen LogP contribution in [0.5, 0.6) is 0 Å². The summed E-state index contributed by atoms with van der Waals surface area (Å²) in [5.74, 6) is -1.04. The third-order valence-electron chi connectivity index (χ3n) is 2.74. The van der Waals surface area contributed by atoms with Crippen LogP contribution in [0.25, 0.3) is 0 Å². The van der Waals surface area contributed by atoms with Gasteiger partial charge in [0, 0.05) is 5.92 Å². The Balaban J connectivity index is 2.72. The number of cyclic esters (lactones) is 1. The number of rotatable bonds is 3. The molecule has 0 aliphatic carbocycles. The van der Waals surface area contributed by atoms with Gasteiger partial charge in [-0.2, -0.15) is 0 Å². The molecule has 1 fully saturated rings. The van der Waals surface area contributed by atoms with E-state index in [9.17, 15) is 9.59 Å². The summed E-state index contributed by atoms with van der Waals surface area (Å²) >= 11 is 0. The second-order valence-electron chi connectivity index (χ2n) is 3.84. The summed E-state index contributed by atoms with van der Waals surface area (Å²) in [4.78, 5) is 23.0. The third kappa shape index (κ3) is 1.61. The fraction of sp³-hybridized carbons (Fsp3) is 0.800. The van der Waals surface area contributed by atoms with Crippen molar-refractivity contribution in [1.82, 2.24) is 0 Å². The molecule has 4 nitrogen and oxygen atoms in total. The van der Waals surface area contributed by atoms with E-state index in [1.807, 2.05) is 13.8 Å². The van der Waals surface area contributed by atoms with E-state index < -0.39 is 17.4 Å². The van der Waals surface area contributed by atoms with E-state index in [4.69, 9.17) is 9.47 Å². The third-order valence-corrected chi connectivity index (χ3v) is 2.74. The Morgan fingerprint density at radius 2 is 2.36 bits per heavy atom. The van der Waals surface area contributed by atoms with Gasteiger partial charge in [0.05, 0.1) is 13.2 Å². The first-order chi connectivity index (χ1) is 6.53. The molecule has 2 unspecified atom stereocenters. The van der Waals surface area contributed by atoms with Gasteiger partial charge < -0.3 is 9.47 Å². The van der Waals surface area contributed by atoms with Crippen LogP contribution in [0.4, 0.5) is 0 Å². The molecule has 0 spiro atoms. The quantitative estimate of drug-likeness (QED) is 0.506. The van der Waals surface area contributed by atoms with Crippen LogP contribution >= 0.6 is 0 Å². The van der Waals surface area contributed by atoms with E-state index in [1.165, 1.54) is 0 Å². The number of ether oxygens (including phenoxy) is 2. The molecule has 2 atom stereocenters. The molecule has 1 aliphatic rings. The molecule has 0 saturated carbocycles. The van der Waals surface area contributed by atoms with Crippen LogP contribution in [-0.4, -0.2) is 25.2 Å². The molecule has 1 heterocycles. The summed E-state index contributed by atoms with van der Waals surface area (Å²) in [6, 6.07) is 0. The van der Waals surface area contributed by atoms with Crippen molar-refractivity contribution in [2.24, 2.45) is 11.3 Å². The zero-order valence-electron chi connectivity index (χ0n) is 8.83. The first kappa shape index (κ1) is 11.0. The summed E-state index contributed by atoms with van der Waals surface area (Å²) in [7, 11) is 0. The van der Waals surface area contributed by atoms with Gasteiger partial charge in [-0.15, -0.1) is 0 Å². The van der Waals surface area contributed by atoms with Gasteiger partial charge in [0.15, 0.2) is 5.41 Å². The average Bonchev–Trinajstić information content (AvgIpc) is 2.43. The van der Waals surface area contributed by atoms with Gasteiger partial charge in [-0.25, -0.2) is 0 Å². The van der Waals surface area contributed by atoms with Gasteiger partial charge in [0.2, 0.25) is 0 Å². The second-order valence-corrected chi connectivity index (χ2v) is 3.84. The summed E-state index contributed by atoms with van der Waals surface area (Å²) in [5.41, 5.74) is -1.10. The first-order valence-electron chi connectivity index (χ1n) is 4.88. The van der Waals surface area contributed by atoms with Crippen molar-refractivity contribution in [1.29, 1.82) is 0 Å². The normalized spacial score (nSPS) is 31.4. The number of hydrogen-bond acceptors (Lipinski definition) is 4. The van der Waals surface area contributed by atoms with Crippen molar-refractivity contribution in [3.8, 4) is 0 Å². The lowest BCUT2D eigenvalue weighted by atomic mass is 9.80. The zero-order chi connectivity index (χ0) is 10.8. The van der Waals surface area contributed by atoms with Crippen molar-refractivity contribution in [3.05, 3.63) is 0 Å². The van der Waals surface area contributed by atoms with Gasteiger partial charge >= 0.3 is 11.9 Å². The molecule has 0 aromatic carbocycles. The van der Waals surface area contributed by atoms with Crippen LogP contribution in [-0.2, 0) is 19.1 Å². The first-order valence-corrected chi connectivity index (χ1v) is 4.88. The minimum atomic E-state index is -1.10. The molecule has 1 saturated heterocycles. The maximum absolute atomic E-state index is 11.6. The van der Waals surface area contributed by atoms with Gasteiger partial charge in [-0.3, -0.25) is 9.59 Å². The fourth-order valence-corrected chi connectivity index (χ4v) is 1.35. The van der Waals surface area contributed by atoms with Gasteiger partial charge in [0.25, 0.3) is 0 Å². The molecule has 0 N–H and O–H groups in total. The predicted molar refractivity (Wildman–Crippen MR) is 49.5 cm³/mol. The molecular formula is C10H16O4. The van der Waals surface area contributed by atoms with E-state index in [2.05, 4.69) is 0 Å². The molecule has 0 radical (unpaired) electrons. The lowest BCUT2D eigenvalue weighted by molar-refractivity contribution is -0.164. The lowest BCUT2D eigenvalue weighted by Gasteiger charge is -2.21. The highest BCUT2D eigenvalue weighted by Crippen LogP contribution is 2.36. The summed E-state index contributed by atoms with van der Waals surface area (Å²) in [6.45, 7) is 5.97. The van der Waals surface area contributed by atoms with E-state index >= 15 is 0 Å². The molecule has 0 amide bonds. The van der Waals surface area contributed by atoms with Gasteiger partial charge in [-0.1, -0.05) is 13.8 Å². The minimum absolute atomic E-state index is 0.112. The fourth-order valence-electron chi connectivity index (χ4n) is 1.35. The smallest absolute Gasteiger partial charge is 0.323 e. The van der Waals surface area contributed by atoms with Crippen LogP contribution in [0.1, 0.15) is 27.2 Å². The van der Waals surface area contributed by atoms with E-state index in [0.717, 1.165) is 6.42 Å². The van der Waals surface area contributed by atoms with Crippen molar-refractivity contribution >= 4 is 11.9 Å². The maximum Gasteiger partial charge on any atom is 0.323 e. The molecule has 0 aromatic rings. The highest BCUT2D eigenvalue weighted by molar-refractivity contribution is 6.01. The topological polar surface area (TPSA) is 52.6 Å². The molecule has 4 heteroatoms. The Morgan fingerprint density at radius 3 is 2.79 bits per heavy atom. The number of carbonyl (C=O) groups excluding carboxylic acids is 2. The Kier molecular flexibility index (Phi) is 3.13. The lowest BCUT2D eigenvalue weighted by Crippen LogP contribution is -2.39. The van der Waals surface area contributed by atoms with E-state index in [1.54, 1.807) is 6.92 Å². The highest BCUT2D eigenvalue weighted by atomic mass is 16.6. The standard InChI is InChI=1S/C10H16O4/c1-4-5-13-8(11)10(3)7(2)6-14-9(10)12/h7H,4-6H2,1-3H3. The van der Waals surface area contributed by atoms with Gasteiger partial charge in [-0.05, 0) is 13.3 Å². The van der Waals surface area contributed by atoms with Crippen LogP contribution in [0.3, 0.4) is 0 Å². The van der Waals surface area contributed by atoms with Crippen LogP contribution in [0.15, 0.2) is 0 Å². The summed E-state index contributed by atoms with van der Waals surface area (Å²) in [6.07, 6.45) is 0.755. The van der Waals surface area contributed by atoms with Crippen LogP contribution < -0.4 is 0 Å². The Bertz CT molecular complexity index is 249. The molecule has 0 bridgehead atoms. The van der Waals surface area contributed by atoms with E-state index in [-0.39, 0.29) is 5.92 Å². The van der Waals surface area contributed by atoms with Crippen LogP contribution in [0.2, 0.25) is 0 Å². The molecule has 14 heavy (non-hydrogen) atoms. The monoisotopic (exact) mass is 200 g/mol. The Labute approximate surface area is 83.6 Å². The Hall–Kier alpha value is -1.06. The number of carbonyl (C=O) groups is 2. The number of hydrogen-bond donors (Lipinski definition) is 0. The van der Waals surface area contributed by atoms with Gasteiger partial charge in [0.1, 0.15) is 0 Å². The average molecular weight is 200 g/mol. The minimum Gasteiger partial charge on any atom is -0.465 e. The number of esters is 2. The molecular weight excluding hydrogens is 184 g/mol. The predicted octanol–water partition coefficient (Wildman–Crippen LogP) is 1.14. The molecule has 80 valence electrons. The summed E-state index contributed by atoms with van der Waals surface area (Å²) in [5, 5.41) is 0. The Morgan fingerprint density at radius 1 is 1.71 bits per heavy atom. The van der Waals surface area contributed by atoms with Crippen molar-refractivity contribution in [3.63, 3.8) is 0 Å². The maximum atomic E-state index is 11.6. The summed E-state index contributed by atoms with van der Waals surface area (Å²) < 4.78 is 9.82. The van der Waals surface area contributed by atoms with Crippen molar-refractivity contribution < 1.29 is 19.1 Å². The molecule has 1 rings (SSSR count). The SMILES string of the molecule is CCCOC(=O)C1(C)C(=O)OCC1C.